The fourth-order valence-corrected chi connectivity index (χ4v) is 2.01. The molecule has 1 aromatic carbocycles. The molecule has 3 nitrogen and oxygen atoms in total. The number of carbonyl (C=O) groups is 2. The molecule has 0 amide bonds. The van der Waals surface area contributed by atoms with E-state index in [1.54, 1.807) is 19.2 Å². The van der Waals surface area contributed by atoms with Crippen molar-refractivity contribution in [3.63, 3.8) is 0 Å². The molecule has 0 heterocycles. The predicted octanol–water partition coefficient (Wildman–Crippen LogP) is 3.59. The number of rotatable bonds is 9. The Balaban J connectivity index is 2.55. The Kier molecular flexibility index (Phi) is 6.86. The first kappa shape index (κ1) is 15.4. The third-order valence-corrected chi connectivity index (χ3v) is 3.21. The molecule has 0 unspecified atom stereocenters. The van der Waals surface area contributed by atoms with E-state index < -0.39 is 0 Å². The molecule has 0 saturated heterocycles. The molecule has 0 atom stereocenters. The van der Waals surface area contributed by atoms with Crippen molar-refractivity contribution < 1.29 is 14.3 Å². The Morgan fingerprint density at radius 2 is 2.05 bits per heavy atom. The van der Waals surface area contributed by atoms with Gasteiger partial charge in [-0.05, 0) is 36.6 Å². The average Bonchev–Trinajstić information content (AvgIpc) is 2.45. The van der Waals surface area contributed by atoms with Crippen LogP contribution in [-0.2, 0) is 11.2 Å². The maximum Gasteiger partial charge on any atom is 0.150 e. The zero-order valence-electron chi connectivity index (χ0n) is 11.8. The summed E-state index contributed by atoms with van der Waals surface area (Å²) in [4.78, 5) is 22.7. The lowest BCUT2D eigenvalue weighted by atomic mass is 10.00. The Bertz CT molecular complexity index is 424. The molecule has 3 heteroatoms. The van der Waals surface area contributed by atoms with Crippen LogP contribution in [0.2, 0.25) is 0 Å². The lowest BCUT2D eigenvalue weighted by molar-refractivity contribution is -0.119. The molecule has 0 spiro atoms. The van der Waals surface area contributed by atoms with Crippen LogP contribution >= 0.6 is 0 Å². The molecule has 0 aliphatic carbocycles. The smallest absolute Gasteiger partial charge is 0.150 e. The second-order valence-electron chi connectivity index (χ2n) is 4.68. The maximum atomic E-state index is 11.7. The van der Waals surface area contributed by atoms with Crippen LogP contribution in [0.4, 0.5) is 0 Å². The van der Waals surface area contributed by atoms with Crippen molar-refractivity contribution in [2.75, 3.05) is 7.11 Å². The third kappa shape index (κ3) is 5.25. The SMILES string of the molecule is CCCCCC(=O)CCc1cc(OC)ccc1C=O. The molecule has 0 radical (unpaired) electrons. The minimum atomic E-state index is 0.271. The number of carbonyl (C=O) groups excluding carboxylic acids is 2. The van der Waals surface area contributed by atoms with Gasteiger partial charge in [0.1, 0.15) is 17.8 Å². The summed E-state index contributed by atoms with van der Waals surface area (Å²) in [5, 5.41) is 0. The van der Waals surface area contributed by atoms with Crippen LogP contribution in [-0.4, -0.2) is 19.2 Å². The molecular formula is C16H22O3. The van der Waals surface area contributed by atoms with E-state index in [0.717, 1.165) is 36.9 Å². The quantitative estimate of drug-likeness (QED) is 0.504. The van der Waals surface area contributed by atoms with Crippen molar-refractivity contribution >= 4 is 12.1 Å². The Morgan fingerprint density at radius 1 is 1.26 bits per heavy atom. The molecule has 0 saturated carbocycles. The van der Waals surface area contributed by atoms with Crippen LogP contribution in [0.1, 0.15) is 54.9 Å². The number of ketones is 1. The number of ether oxygens (including phenoxy) is 1. The number of aryl methyl sites for hydroxylation is 1. The van der Waals surface area contributed by atoms with Gasteiger partial charge in [-0.3, -0.25) is 9.59 Å². The van der Waals surface area contributed by atoms with Gasteiger partial charge < -0.3 is 4.74 Å². The van der Waals surface area contributed by atoms with E-state index in [1.165, 1.54) is 0 Å². The number of Topliss-reactive ketones (excluding diaryl/α,β-unsaturated/α-hetero) is 1. The minimum absolute atomic E-state index is 0.271. The fraction of sp³-hybridized carbons (Fsp3) is 0.500. The predicted molar refractivity (Wildman–Crippen MR) is 75.9 cm³/mol. The maximum absolute atomic E-state index is 11.7. The molecule has 1 aromatic rings. The second-order valence-corrected chi connectivity index (χ2v) is 4.68. The van der Waals surface area contributed by atoms with Gasteiger partial charge in [-0.1, -0.05) is 19.8 Å². The highest BCUT2D eigenvalue weighted by molar-refractivity contribution is 5.80. The topological polar surface area (TPSA) is 43.4 Å². The van der Waals surface area contributed by atoms with Crippen LogP contribution in [0, 0.1) is 0 Å². The molecule has 1 rings (SSSR count). The summed E-state index contributed by atoms with van der Waals surface area (Å²) >= 11 is 0. The molecular weight excluding hydrogens is 240 g/mol. The van der Waals surface area contributed by atoms with Crippen molar-refractivity contribution in [2.45, 2.75) is 45.4 Å². The molecule has 0 aliphatic heterocycles. The summed E-state index contributed by atoms with van der Waals surface area (Å²) in [7, 11) is 1.59. The number of hydrogen-bond acceptors (Lipinski definition) is 3. The third-order valence-electron chi connectivity index (χ3n) is 3.21. The van der Waals surface area contributed by atoms with Gasteiger partial charge in [-0.15, -0.1) is 0 Å². The molecule has 0 aromatic heterocycles. The average molecular weight is 262 g/mol. The lowest BCUT2D eigenvalue weighted by Crippen LogP contribution is -2.02. The molecule has 104 valence electrons. The zero-order valence-corrected chi connectivity index (χ0v) is 11.8. The summed E-state index contributed by atoms with van der Waals surface area (Å²) in [6.07, 6.45) is 5.77. The normalized spacial score (nSPS) is 10.2. The molecule has 0 fully saturated rings. The molecule has 0 N–H and O–H groups in total. The molecule has 0 aliphatic rings. The van der Waals surface area contributed by atoms with E-state index >= 15 is 0 Å². The number of unbranched alkanes of at least 4 members (excludes halogenated alkanes) is 2. The Hall–Kier alpha value is -1.64. The first-order chi connectivity index (χ1) is 9.21. The summed E-state index contributed by atoms with van der Waals surface area (Å²) in [5.41, 5.74) is 1.53. The van der Waals surface area contributed by atoms with Crippen molar-refractivity contribution in [1.82, 2.24) is 0 Å². The summed E-state index contributed by atoms with van der Waals surface area (Å²) in [6, 6.07) is 5.34. The first-order valence-electron chi connectivity index (χ1n) is 6.85. The lowest BCUT2D eigenvalue weighted by Gasteiger charge is -2.07. The standard InChI is InChI=1S/C16H22O3/c1-3-4-5-6-15(18)9-7-13-11-16(19-2)10-8-14(13)12-17/h8,10-12H,3-7,9H2,1-2H3. The highest BCUT2D eigenvalue weighted by Crippen LogP contribution is 2.18. The van der Waals surface area contributed by atoms with Gasteiger partial charge in [-0.25, -0.2) is 0 Å². The summed E-state index contributed by atoms with van der Waals surface area (Å²) < 4.78 is 5.14. The molecule has 19 heavy (non-hydrogen) atoms. The van der Waals surface area contributed by atoms with Gasteiger partial charge in [0.2, 0.25) is 0 Å². The van der Waals surface area contributed by atoms with E-state index in [-0.39, 0.29) is 5.78 Å². The minimum Gasteiger partial charge on any atom is -0.497 e. The van der Waals surface area contributed by atoms with E-state index in [1.807, 2.05) is 6.07 Å². The summed E-state index contributed by atoms with van der Waals surface area (Å²) in [5.74, 6) is 0.993. The number of benzene rings is 1. The van der Waals surface area contributed by atoms with E-state index in [9.17, 15) is 9.59 Å². The van der Waals surface area contributed by atoms with Crippen molar-refractivity contribution in [2.24, 2.45) is 0 Å². The Labute approximate surface area is 115 Å². The van der Waals surface area contributed by atoms with Crippen LogP contribution in [0.25, 0.3) is 0 Å². The van der Waals surface area contributed by atoms with E-state index in [4.69, 9.17) is 4.74 Å². The second kappa shape index (κ2) is 8.46. The van der Waals surface area contributed by atoms with Crippen LogP contribution in [0.5, 0.6) is 5.75 Å². The van der Waals surface area contributed by atoms with Gasteiger partial charge >= 0.3 is 0 Å². The monoisotopic (exact) mass is 262 g/mol. The van der Waals surface area contributed by atoms with Gasteiger partial charge in [0.15, 0.2) is 0 Å². The number of aldehydes is 1. The van der Waals surface area contributed by atoms with Crippen LogP contribution in [0.15, 0.2) is 18.2 Å². The van der Waals surface area contributed by atoms with Gasteiger partial charge in [0.05, 0.1) is 7.11 Å². The van der Waals surface area contributed by atoms with E-state index in [2.05, 4.69) is 6.92 Å². The van der Waals surface area contributed by atoms with Crippen molar-refractivity contribution in [1.29, 1.82) is 0 Å². The number of methoxy groups -OCH3 is 1. The zero-order chi connectivity index (χ0) is 14.1. The van der Waals surface area contributed by atoms with Gasteiger partial charge in [-0.2, -0.15) is 0 Å². The summed E-state index contributed by atoms with van der Waals surface area (Å²) in [6.45, 7) is 2.12. The van der Waals surface area contributed by atoms with Gasteiger partial charge in [0, 0.05) is 18.4 Å². The van der Waals surface area contributed by atoms with Crippen molar-refractivity contribution in [3.05, 3.63) is 29.3 Å². The first-order valence-corrected chi connectivity index (χ1v) is 6.85. The van der Waals surface area contributed by atoms with Crippen LogP contribution in [0.3, 0.4) is 0 Å². The van der Waals surface area contributed by atoms with E-state index in [0.29, 0.717) is 24.8 Å². The largest absolute Gasteiger partial charge is 0.497 e. The fourth-order valence-electron chi connectivity index (χ4n) is 2.01. The Morgan fingerprint density at radius 3 is 2.68 bits per heavy atom. The highest BCUT2D eigenvalue weighted by Gasteiger charge is 2.07. The number of hydrogen-bond donors (Lipinski definition) is 0. The highest BCUT2D eigenvalue weighted by atomic mass is 16.5. The molecule has 0 bridgehead atoms. The van der Waals surface area contributed by atoms with Crippen LogP contribution < -0.4 is 4.74 Å². The van der Waals surface area contributed by atoms with Crippen molar-refractivity contribution in [3.8, 4) is 5.75 Å². The van der Waals surface area contributed by atoms with Gasteiger partial charge in [0.25, 0.3) is 0 Å².